The molecule has 1 amide bonds. The zero-order valence-corrected chi connectivity index (χ0v) is 16.1. The van der Waals surface area contributed by atoms with E-state index in [1.165, 1.54) is 11.8 Å². The van der Waals surface area contributed by atoms with E-state index in [-0.39, 0.29) is 11.2 Å². The maximum atomic E-state index is 12.8. The number of anilines is 1. The molecule has 1 atom stereocenters. The fourth-order valence-electron chi connectivity index (χ4n) is 2.79. The molecule has 26 heavy (non-hydrogen) atoms. The van der Waals surface area contributed by atoms with Crippen molar-refractivity contribution in [1.29, 1.82) is 0 Å². The van der Waals surface area contributed by atoms with E-state index < -0.39 is 0 Å². The van der Waals surface area contributed by atoms with Gasteiger partial charge in [0.25, 0.3) is 0 Å². The van der Waals surface area contributed by atoms with Gasteiger partial charge in [-0.1, -0.05) is 48.2 Å². The van der Waals surface area contributed by atoms with Crippen LogP contribution in [0.15, 0.2) is 53.7 Å². The topological polar surface area (TPSA) is 63.9 Å². The van der Waals surface area contributed by atoms with Crippen LogP contribution in [0.3, 0.4) is 0 Å². The molecule has 1 heterocycles. The monoisotopic (exact) mass is 367 g/mol. The highest BCUT2D eigenvalue weighted by atomic mass is 32.2. The second-order valence-electron chi connectivity index (χ2n) is 6.11. The van der Waals surface area contributed by atoms with Gasteiger partial charge in [-0.25, -0.2) is 0 Å². The van der Waals surface area contributed by atoms with Gasteiger partial charge < -0.3 is 4.90 Å². The minimum atomic E-state index is -0.325. The van der Waals surface area contributed by atoms with Crippen molar-refractivity contribution in [2.24, 2.45) is 0 Å². The number of hydrogen-bond acceptors (Lipinski definition) is 5. The molecule has 3 aromatic rings. The number of thioether (sulfide) groups is 1. The predicted octanol–water partition coefficient (Wildman–Crippen LogP) is 3.42. The third-order valence-corrected chi connectivity index (χ3v) is 5.22. The van der Waals surface area contributed by atoms with Crippen molar-refractivity contribution in [3.63, 3.8) is 0 Å². The molecule has 0 saturated carbocycles. The Hall–Kier alpha value is -2.67. The summed E-state index contributed by atoms with van der Waals surface area (Å²) in [6.07, 6.45) is 0. The van der Waals surface area contributed by atoms with Crippen molar-refractivity contribution in [2.45, 2.75) is 31.2 Å². The summed E-state index contributed by atoms with van der Waals surface area (Å²) in [4.78, 5) is 14.4. The average Bonchev–Trinajstić information content (AvgIpc) is 3.08. The van der Waals surface area contributed by atoms with E-state index in [0.717, 1.165) is 22.5 Å². The molecule has 1 aromatic heterocycles. The summed E-state index contributed by atoms with van der Waals surface area (Å²) in [5, 5.41) is 12.3. The summed E-state index contributed by atoms with van der Waals surface area (Å²) < 4.78 is 1.71. The summed E-state index contributed by atoms with van der Waals surface area (Å²) in [5.74, 6) is -0.00254. The van der Waals surface area contributed by atoms with E-state index in [0.29, 0.717) is 5.16 Å². The molecule has 0 aliphatic rings. The zero-order chi connectivity index (χ0) is 18.7. The Morgan fingerprint density at radius 1 is 1.08 bits per heavy atom. The lowest BCUT2D eigenvalue weighted by Gasteiger charge is -2.21. The van der Waals surface area contributed by atoms with Gasteiger partial charge in [0.05, 0.1) is 10.9 Å². The number of nitrogens with zero attached hydrogens (tertiary/aromatic N) is 5. The SMILES string of the molecule is Cc1cccc(C)c1-n1nnnc1SC(C)C(=O)N(C)c1ccccc1. The number of carbonyl (C=O) groups excluding carboxylic acids is 1. The Bertz CT molecular complexity index is 889. The largest absolute Gasteiger partial charge is 0.315 e. The van der Waals surface area contributed by atoms with Crippen LogP contribution in [0.25, 0.3) is 5.69 Å². The maximum absolute atomic E-state index is 12.8. The number of aryl methyl sites for hydroxylation is 2. The lowest BCUT2D eigenvalue weighted by atomic mass is 10.1. The first-order valence-electron chi connectivity index (χ1n) is 8.33. The standard InChI is InChI=1S/C19H21N5OS/c1-13-9-8-10-14(2)17(13)24-19(20-21-22-24)26-15(3)18(25)23(4)16-11-6-5-7-12-16/h5-12,15H,1-4H3. The molecule has 3 rings (SSSR count). The summed E-state index contributed by atoms with van der Waals surface area (Å²) in [7, 11) is 1.78. The Balaban J connectivity index is 1.82. The minimum absolute atomic E-state index is 0.00254. The van der Waals surface area contributed by atoms with Crippen LogP contribution in [-0.4, -0.2) is 38.4 Å². The van der Waals surface area contributed by atoms with Gasteiger partial charge in [0.2, 0.25) is 11.1 Å². The van der Waals surface area contributed by atoms with Gasteiger partial charge in [0, 0.05) is 12.7 Å². The number of rotatable bonds is 5. The number of benzene rings is 2. The molecule has 6 nitrogen and oxygen atoms in total. The molecule has 0 radical (unpaired) electrons. The second kappa shape index (κ2) is 7.70. The van der Waals surface area contributed by atoms with Crippen LogP contribution < -0.4 is 4.90 Å². The van der Waals surface area contributed by atoms with Crippen LogP contribution in [0.2, 0.25) is 0 Å². The third kappa shape index (κ3) is 3.62. The molecule has 7 heteroatoms. The molecular formula is C19H21N5OS. The first kappa shape index (κ1) is 18.1. The highest BCUT2D eigenvalue weighted by Gasteiger charge is 2.23. The lowest BCUT2D eigenvalue weighted by Crippen LogP contribution is -2.33. The van der Waals surface area contributed by atoms with E-state index in [9.17, 15) is 4.79 Å². The summed E-state index contributed by atoms with van der Waals surface area (Å²) in [6, 6.07) is 15.6. The van der Waals surface area contributed by atoms with Crippen LogP contribution >= 0.6 is 11.8 Å². The van der Waals surface area contributed by atoms with E-state index in [1.54, 1.807) is 16.6 Å². The number of amides is 1. The predicted molar refractivity (Wildman–Crippen MR) is 104 cm³/mol. The lowest BCUT2D eigenvalue weighted by molar-refractivity contribution is -0.117. The van der Waals surface area contributed by atoms with E-state index >= 15 is 0 Å². The first-order chi connectivity index (χ1) is 12.5. The van der Waals surface area contributed by atoms with E-state index in [2.05, 4.69) is 15.5 Å². The molecule has 0 bridgehead atoms. The number of carbonyl (C=O) groups is 1. The molecule has 0 spiro atoms. The highest BCUT2D eigenvalue weighted by molar-refractivity contribution is 8.00. The smallest absolute Gasteiger partial charge is 0.240 e. The molecule has 2 aromatic carbocycles. The Morgan fingerprint density at radius 3 is 2.38 bits per heavy atom. The fourth-order valence-corrected chi connectivity index (χ4v) is 3.68. The highest BCUT2D eigenvalue weighted by Crippen LogP contribution is 2.27. The van der Waals surface area contributed by atoms with Gasteiger partial charge >= 0.3 is 0 Å². The third-order valence-electron chi connectivity index (χ3n) is 4.20. The molecule has 0 N–H and O–H groups in total. The maximum Gasteiger partial charge on any atom is 0.240 e. The minimum Gasteiger partial charge on any atom is -0.315 e. The second-order valence-corrected chi connectivity index (χ2v) is 7.41. The molecule has 0 fully saturated rings. The molecule has 0 saturated heterocycles. The van der Waals surface area contributed by atoms with Crippen molar-refractivity contribution in [1.82, 2.24) is 20.2 Å². The number of tetrazole rings is 1. The van der Waals surface area contributed by atoms with Crippen LogP contribution in [0, 0.1) is 13.8 Å². The number of para-hydroxylation sites is 2. The molecule has 0 aliphatic heterocycles. The number of hydrogen-bond donors (Lipinski definition) is 0. The van der Waals surface area contributed by atoms with Crippen molar-refractivity contribution in [3.05, 3.63) is 59.7 Å². The van der Waals surface area contributed by atoms with Gasteiger partial charge in [-0.3, -0.25) is 4.79 Å². The van der Waals surface area contributed by atoms with Crippen molar-refractivity contribution in [3.8, 4) is 5.69 Å². The van der Waals surface area contributed by atoms with Crippen molar-refractivity contribution < 1.29 is 4.79 Å². The first-order valence-corrected chi connectivity index (χ1v) is 9.21. The molecular weight excluding hydrogens is 346 g/mol. The van der Waals surface area contributed by atoms with Crippen LogP contribution in [-0.2, 0) is 4.79 Å². The van der Waals surface area contributed by atoms with Crippen LogP contribution in [0.4, 0.5) is 5.69 Å². The average molecular weight is 367 g/mol. The molecule has 0 aliphatic carbocycles. The van der Waals surface area contributed by atoms with E-state index in [4.69, 9.17) is 0 Å². The summed E-state index contributed by atoms with van der Waals surface area (Å²) in [5.41, 5.74) is 3.98. The number of aromatic nitrogens is 4. The molecule has 134 valence electrons. The Morgan fingerprint density at radius 2 is 1.73 bits per heavy atom. The van der Waals surface area contributed by atoms with Gasteiger partial charge in [-0.2, -0.15) is 4.68 Å². The molecule has 1 unspecified atom stereocenters. The Labute approximate surface area is 157 Å². The van der Waals surface area contributed by atoms with Gasteiger partial charge in [-0.15, -0.1) is 5.10 Å². The van der Waals surface area contributed by atoms with E-state index in [1.807, 2.05) is 69.3 Å². The van der Waals surface area contributed by atoms with Crippen LogP contribution in [0.5, 0.6) is 0 Å². The Kier molecular flexibility index (Phi) is 5.37. The fraction of sp³-hybridized carbons (Fsp3) is 0.263. The van der Waals surface area contributed by atoms with Gasteiger partial charge in [-0.05, 0) is 54.5 Å². The summed E-state index contributed by atoms with van der Waals surface area (Å²) in [6.45, 7) is 5.92. The van der Waals surface area contributed by atoms with Crippen molar-refractivity contribution >= 4 is 23.4 Å². The van der Waals surface area contributed by atoms with Crippen LogP contribution in [0.1, 0.15) is 18.1 Å². The normalized spacial score (nSPS) is 12.0. The van der Waals surface area contributed by atoms with Gasteiger partial charge in [0.15, 0.2) is 0 Å². The quantitative estimate of drug-likeness (QED) is 0.647. The van der Waals surface area contributed by atoms with Gasteiger partial charge in [0.1, 0.15) is 0 Å². The van der Waals surface area contributed by atoms with Crippen molar-refractivity contribution in [2.75, 3.05) is 11.9 Å². The zero-order valence-electron chi connectivity index (χ0n) is 15.2. The summed E-state index contributed by atoms with van der Waals surface area (Å²) >= 11 is 1.36.